The highest BCUT2D eigenvalue weighted by Crippen LogP contribution is 2.20. The normalized spacial score (nSPS) is 9.94. The van der Waals surface area contributed by atoms with Crippen LogP contribution in [0.15, 0.2) is 18.2 Å². The Morgan fingerprint density at radius 3 is 2.81 bits per heavy atom. The maximum Gasteiger partial charge on any atom is 0.281 e. The van der Waals surface area contributed by atoms with Crippen LogP contribution in [0.3, 0.4) is 0 Å². The quantitative estimate of drug-likeness (QED) is 0.774. The minimum absolute atomic E-state index is 0.0374. The lowest BCUT2D eigenvalue weighted by Gasteiger charge is -2.10. The van der Waals surface area contributed by atoms with Crippen LogP contribution in [0.1, 0.15) is 18.1 Å². The van der Waals surface area contributed by atoms with Crippen molar-refractivity contribution in [1.82, 2.24) is 5.48 Å². The predicted molar refractivity (Wildman–Crippen MR) is 61.2 cm³/mol. The van der Waals surface area contributed by atoms with Crippen molar-refractivity contribution in [3.63, 3.8) is 0 Å². The van der Waals surface area contributed by atoms with Crippen LogP contribution in [0.2, 0.25) is 0 Å². The number of rotatable bonds is 5. The Morgan fingerprint density at radius 1 is 1.38 bits per heavy atom. The van der Waals surface area contributed by atoms with Crippen molar-refractivity contribution in [2.75, 3.05) is 13.2 Å². The van der Waals surface area contributed by atoms with Gasteiger partial charge in [0.2, 0.25) is 0 Å². The average Bonchev–Trinajstić information content (AvgIpc) is 2.28. The first-order valence-electron chi connectivity index (χ1n) is 5.24. The van der Waals surface area contributed by atoms with Gasteiger partial charge in [-0.25, -0.2) is 5.48 Å². The number of nitrogens with one attached hydrogen (secondary N) is 1. The van der Waals surface area contributed by atoms with Crippen LogP contribution in [0, 0.1) is 13.8 Å². The van der Waals surface area contributed by atoms with E-state index in [1.807, 2.05) is 32.0 Å². The Balaban J connectivity index is 2.48. The number of hydroxylamine groups is 1. The summed E-state index contributed by atoms with van der Waals surface area (Å²) in [6.45, 7) is 6.17. The summed E-state index contributed by atoms with van der Waals surface area (Å²) in [5, 5.41) is 0. The van der Waals surface area contributed by atoms with Crippen molar-refractivity contribution < 1.29 is 14.4 Å². The number of hydrogen-bond donors (Lipinski definition) is 1. The van der Waals surface area contributed by atoms with Crippen LogP contribution in [0.4, 0.5) is 0 Å². The fourth-order valence-electron chi connectivity index (χ4n) is 1.21. The van der Waals surface area contributed by atoms with E-state index in [2.05, 4.69) is 5.48 Å². The van der Waals surface area contributed by atoms with Crippen molar-refractivity contribution in [3.8, 4) is 5.75 Å². The van der Waals surface area contributed by atoms with E-state index in [0.29, 0.717) is 6.61 Å². The molecule has 0 aromatic heterocycles. The SMILES string of the molecule is CCONC(=O)COc1cccc(C)c1C. The largest absolute Gasteiger partial charge is 0.483 e. The lowest BCUT2D eigenvalue weighted by Crippen LogP contribution is -2.29. The fourth-order valence-corrected chi connectivity index (χ4v) is 1.21. The van der Waals surface area contributed by atoms with Crippen LogP contribution in [-0.2, 0) is 9.63 Å². The minimum Gasteiger partial charge on any atom is -0.483 e. The van der Waals surface area contributed by atoms with Gasteiger partial charge in [-0.3, -0.25) is 9.63 Å². The lowest BCUT2D eigenvalue weighted by atomic mass is 10.1. The molecule has 1 amide bonds. The zero-order valence-corrected chi connectivity index (χ0v) is 9.87. The highest BCUT2D eigenvalue weighted by molar-refractivity contribution is 5.76. The van der Waals surface area contributed by atoms with Gasteiger partial charge in [-0.05, 0) is 38.0 Å². The summed E-state index contributed by atoms with van der Waals surface area (Å²) < 4.78 is 5.38. The third-order valence-electron chi connectivity index (χ3n) is 2.24. The Bertz CT molecular complexity index is 363. The number of ether oxygens (including phenoxy) is 1. The first-order chi connectivity index (χ1) is 7.65. The monoisotopic (exact) mass is 223 g/mol. The molecule has 1 aromatic rings. The maximum atomic E-state index is 11.2. The predicted octanol–water partition coefficient (Wildman–Crippen LogP) is 1.75. The van der Waals surface area contributed by atoms with Gasteiger partial charge in [-0.15, -0.1) is 0 Å². The Labute approximate surface area is 95.5 Å². The molecule has 1 aromatic carbocycles. The molecule has 0 saturated heterocycles. The van der Waals surface area contributed by atoms with Crippen molar-refractivity contribution in [1.29, 1.82) is 0 Å². The summed E-state index contributed by atoms with van der Waals surface area (Å²) in [5.41, 5.74) is 4.46. The zero-order chi connectivity index (χ0) is 12.0. The number of benzene rings is 1. The van der Waals surface area contributed by atoms with Gasteiger partial charge in [0, 0.05) is 0 Å². The summed E-state index contributed by atoms with van der Waals surface area (Å²) in [6.07, 6.45) is 0. The van der Waals surface area contributed by atoms with Crippen molar-refractivity contribution in [2.24, 2.45) is 0 Å². The van der Waals surface area contributed by atoms with E-state index < -0.39 is 0 Å². The molecule has 0 unspecified atom stereocenters. The van der Waals surface area contributed by atoms with E-state index in [1.165, 1.54) is 0 Å². The van der Waals surface area contributed by atoms with Gasteiger partial charge < -0.3 is 4.74 Å². The number of amides is 1. The van der Waals surface area contributed by atoms with Crippen molar-refractivity contribution >= 4 is 5.91 Å². The second kappa shape index (κ2) is 6.12. The van der Waals surface area contributed by atoms with Crippen LogP contribution < -0.4 is 10.2 Å². The van der Waals surface area contributed by atoms with E-state index >= 15 is 0 Å². The summed E-state index contributed by atoms with van der Waals surface area (Å²) in [7, 11) is 0. The van der Waals surface area contributed by atoms with Crippen LogP contribution in [-0.4, -0.2) is 19.1 Å². The third kappa shape index (κ3) is 3.55. The highest BCUT2D eigenvalue weighted by atomic mass is 16.7. The average molecular weight is 223 g/mol. The number of carbonyl (C=O) groups excluding carboxylic acids is 1. The van der Waals surface area contributed by atoms with E-state index in [4.69, 9.17) is 9.57 Å². The van der Waals surface area contributed by atoms with Crippen molar-refractivity contribution in [2.45, 2.75) is 20.8 Å². The molecule has 16 heavy (non-hydrogen) atoms. The second-order valence-corrected chi connectivity index (χ2v) is 3.44. The standard InChI is InChI=1S/C12H17NO3/c1-4-16-13-12(14)8-15-11-7-5-6-9(2)10(11)3/h5-7H,4,8H2,1-3H3,(H,13,14). The van der Waals surface area contributed by atoms with E-state index in [-0.39, 0.29) is 12.5 Å². The van der Waals surface area contributed by atoms with E-state index in [1.54, 1.807) is 6.92 Å². The molecule has 4 heteroatoms. The maximum absolute atomic E-state index is 11.2. The molecule has 88 valence electrons. The molecule has 1 N–H and O–H groups in total. The molecule has 0 aliphatic rings. The molecule has 1 rings (SSSR count). The molecule has 0 spiro atoms. The van der Waals surface area contributed by atoms with E-state index in [0.717, 1.165) is 16.9 Å². The Morgan fingerprint density at radius 2 is 2.12 bits per heavy atom. The summed E-state index contributed by atoms with van der Waals surface area (Å²) in [6, 6.07) is 5.75. The third-order valence-corrected chi connectivity index (χ3v) is 2.24. The summed E-state index contributed by atoms with van der Waals surface area (Å²) >= 11 is 0. The second-order valence-electron chi connectivity index (χ2n) is 3.44. The smallest absolute Gasteiger partial charge is 0.281 e. The molecule has 0 bridgehead atoms. The number of carbonyl (C=O) groups is 1. The van der Waals surface area contributed by atoms with Gasteiger partial charge in [0.25, 0.3) is 5.91 Å². The topological polar surface area (TPSA) is 47.6 Å². The number of hydrogen-bond acceptors (Lipinski definition) is 3. The molecule has 0 saturated carbocycles. The van der Waals surface area contributed by atoms with Crippen LogP contribution >= 0.6 is 0 Å². The molecule has 0 fully saturated rings. The lowest BCUT2D eigenvalue weighted by molar-refractivity contribution is -0.135. The van der Waals surface area contributed by atoms with Gasteiger partial charge in [0.1, 0.15) is 5.75 Å². The van der Waals surface area contributed by atoms with Gasteiger partial charge in [0.05, 0.1) is 6.61 Å². The molecule has 0 aliphatic heterocycles. The van der Waals surface area contributed by atoms with Crippen LogP contribution in [0.25, 0.3) is 0 Å². The van der Waals surface area contributed by atoms with Gasteiger partial charge >= 0.3 is 0 Å². The molecule has 0 radical (unpaired) electrons. The highest BCUT2D eigenvalue weighted by Gasteiger charge is 2.05. The molecule has 0 aliphatic carbocycles. The molecule has 0 heterocycles. The van der Waals surface area contributed by atoms with Crippen molar-refractivity contribution in [3.05, 3.63) is 29.3 Å². The van der Waals surface area contributed by atoms with E-state index in [9.17, 15) is 4.79 Å². The van der Waals surface area contributed by atoms with Gasteiger partial charge in [-0.2, -0.15) is 0 Å². The summed E-state index contributed by atoms with van der Waals surface area (Å²) in [5.74, 6) is 0.439. The molecule has 0 atom stereocenters. The fraction of sp³-hybridized carbons (Fsp3) is 0.417. The first-order valence-corrected chi connectivity index (χ1v) is 5.24. The first kappa shape index (κ1) is 12.5. The Hall–Kier alpha value is -1.55. The molecular weight excluding hydrogens is 206 g/mol. The van der Waals surface area contributed by atoms with Gasteiger partial charge in [-0.1, -0.05) is 12.1 Å². The molecule has 4 nitrogen and oxygen atoms in total. The Kier molecular flexibility index (Phi) is 4.79. The zero-order valence-electron chi connectivity index (χ0n) is 9.87. The van der Waals surface area contributed by atoms with Crippen LogP contribution in [0.5, 0.6) is 5.75 Å². The number of aryl methyl sites for hydroxylation is 1. The molecular formula is C12H17NO3. The minimum atomic E-state index is -0.289. The summed E-state index contributed by atoms with van der Waals surface area (Å²) in [4.78, 5) is 16.0. The van der Waals surface area contributed by atoms with Gasteiger partial charge in [0.15, 0.2) is 6.61 Å².